The van der Waals surface area contributed by atoms with E-state index in [1.54, 1.807) is 12.1 Å². The predicted molar refractivity (Wildman–Crippen MR) is 68.0 cm³/mol. The molecule has 0 aliphatic carbocycles. The second-order valence-corrected chi connectivity index (χ2v) is 3.96. The van der Waals surface area contributed by atoms with Crippen molar-refractivity contribution in [2.75, 3.05) is 25.1 Å². The number of rotatable bonds is 5. The minimum absolute atomic E-state index is 0.234. The minimum Gasteiger partial charge on any atom is -0.469 e. The summed E-state index contributed by atoms with van der Waals surface area (Å²) in [6.45, 7) is 5.02. The highest BCUT2D eigenvalue weighted by Crippen LogP contribution is 2.13. The van der Waals surface area contributed by atoms with Crippen molar-refractivity contribution in [1.29, 1.82) is 5.26 Å². The number of methoxy groups -OCH3 is 1. The van der Waals surface area contributed by atoms with Crippen molar-refractivity contribution < 1.29 is 9.53 Å². The van der Waals surface area contributed by atoms with Gasteiger partial charge in [-0.15, -0.1) is 0 Å². The molecule has 0 saturated carbocycles. The van der Waals surface area contributed by atoms with E-state index >= 15 is 0 Å². The lowest BCUT2D eigenvalue weighted by atomic mass is 10.1. The van der Waals surface area contributed by atoms with Gasteiger partial charge in [0.2, 0.25) is 0 Å². The molecule has 0 spiro atoms. The fourth-order valence-electron chi connectivity index (χ4n) is 1.65. The van der Waals surface area contributed by atoms with Gasteiger partial charge in [-0.3, -0.25) is 4.79 Å². The number of hydrogen-bond acceptors (Lipinski definition) is 5. The SMILES string of the molecule is CCN(CC(C)C(=O)OC)c1cccc(C#N)n1. The summed E-state index contributed by atoms with van der Waals surface area (Å²) in [7, 11) is 1.38. The molecule has 1 aromatic heterocycles. The molecule has 0 saturated heterocycles. The zero-order chi connectivity index (χ0) is 13.5. The topological polar surface area (TPSA) is 66.2 Å². The maximum absolute atomic E-state index is 11.4. The van der Waals surface area contributed by atoms with Crippen LogP contribution in [0.5, 0.6) is 0 Å². The first-order valence-electron chi connectivity index (χ1n) is 5.82. The number of anilines is 1. The highest BCUT2D eigenvalue weighted by molar-refractivity contribution is 5.72. The van der Waals surface area contributed by atoms with Gasteiger partial charge in [-0.05, 0) is 19.1 Å². The van der Waals surface area contributed by atoms with Crippen LogP contribution in [0.1, 0.15) is 19.5 Å². The van der Waals surface area contributed by atoms with E-state index in [9.17, 15) is 4.79 Å². The molecule has 0 aliphatic rings. The van der Waals surface area contributed by atoms with Gasteiger partial charge in [0.05, 0.1) is 13.0 Å². The van der Waals surface area contributed by atoms with Crippen LogP contribution >= 0.6 is 0 Å². The second-order valence-electron chi connectivity index (χ2n) is 3.96. The molecule has 0 aliphatic heterocycles. The van der Waals surface area contributed by atoms with Crippen LogP contribution in [-0.4, -0.2) is 31.2 Å². The van der Waals surface area contributed by atoms with Crippen molar-refractivity contribution >= 4 is 11.8 Å². The molecule has 0 radical (unpaired) electrons. The van der Waals surface area contributed by atoms with Crippen molar-refractivity contribution in [3.63, 3.8) is 0 Å². The van der Waals surface area contributed by atoms with E-state index in [-0.39, 0.29) is 11.9 Å². The highest BCUT2D eigenvalue weighted by atomic mass is 16.5. The summed E-state index contributed by atoms with van der Waals surface area (Å²) in [6.07, 6.45) is 0. The van der Waals surface area contributed by atoms with Crippen LogP contribution in [0, 0.1) is 17.2 Å². The normalized spacial score (nSPS) is 11.4. The molecule has 96 valence electrons. The van der Waals surface area contributed by atoms with Gasteiger partial charge in [0.1, 0.15) is 17.6 Å². The lowest BCUT2D eigenvalue weighted by molar-refractivity contribution is -0.144. The van der Waals surface area contributed by atoms with E-state index < -0.39 is 0 Å². The van der Waals surface area contributed by atoms with Crippen molar-refractivity contribution in [1.82, 2.24) is 4.98 Å². The summed E-state index contributed by atoms with van der Waals surface area (Å²) in [4.78, 5) is 17.6. The Morgan fingerprint density at radius 3 is 2.89 bits per heavy atom. The number of pyridine rings is 1. The molecule has 5 nitrogen and oxygen atoms in total. The standard InChI is InChI=1S/C13H17N3O2/c1-4-16(9-10(2)13(17)18-3)12-7-5-6-11(8-14)15-12/h5-7,10H,4,9H2,1-3H3. The van der Waals surface area contributed by atoms with Gasteiger partial charge in [-0.25, -0.2) is 4.98 Å². The number of nitrogens with zero attached hydrogens (tertiary/aromatic N) is 3. The zero-order valence-electron chi connectivity index (χ0n) is 10.9. The number of carbonyl (C=O) groups is 1. The predicted octanol–water partition coefficient (Wildman–Crippen LogP) is 1.59. The quantitative estimate of drug-likeness (QED) is 0.739. The van der Waals surface area contributed by atoms with Crippen molar-refractivity contribution in [3.05, 3.63) is 23.9 Å². The molecule has 1 rings (SSSR count). The average Bonchev–Trinajstić information content (AvgIpc) is 2.43. The van der Waals surface area contributed by atoms with Crippen molar-refractivity contribution in [2.24, 2.45) is 5.92 Å². The van der Waals surface area contributed by atoms with Gasteiger partial charge in [0, 0.05) is 13.1 Å². The minimum atomic E-state index is -0.245. The van der Waals surface area contributed by atoms with Crippen LogP contribution in [0.25, 0.3) is 0 Å². The van der Waals surface area contributed by atoms with Gasteiger partial charge >= 0.3 is 5.97 Å². The fraction of sp³-hybridized carbons (Fsp3) is 0.462. The van der Waals surface area contributed by atoms with Gasteiger partial charge < -0.3 is 9.64 Å². The molecule has 5 heteroatoms. The second kappa shape index (κ2) is 6.60. The number of hydrogen-bond donors (Lipinski definition) is 0. The highest BCUT2D eigenvalue weighted by Gasteiger charge is 2.17. The van der Waals surface area contributed by atoms with Crippen LogP contribution in [-0.2, 0) is 9.53 Å². The lowest BCUT2D eigenvalue weighted by Crippen LogP contribution is -2.32. The molecule has 1 atom stereocenters. The third-order valence-electron chi connectivity index (χ3n) is 2.65. The zero-order valence-corrected chi connectivity index (χ0v) is 10.9. The first-order chi connectivity index (χ1) is 8.62. The van der Waals surface area contributed by atoms with E-state index in [1.807, 2.05) is 30.9 Å². The summed E-state index contributed by atoms with van der Waals surface area (Å²) < 4.78 is 4.70. The Kier molecular flexibility index (Phi) is 5.12. The Labute approximate surface area is 107 Å². The Morgan fingerprint density at radius 1 is 1.61 bits per heavy atom. The van der Waals surface area contributed by atoms with E-state index in [2.05, 4.69) is 4.98 Å². The molecule has 1 unspecified atom stereocenters. The van der Waals surface area contributed by atoms with Crippen molar-refractivity contribution in [3.8, 4) is 6.07 Å². The van der Waals surface area contributed by atoms with E-state index in [1.165, 1.54) is 7.11 Å². The molecule has 1 heterocycles. The van der Waals surface area contributed by atoms with Crippen molar-refractivity contribution in [2.45, 2.75) is 13.8 Å². The number of aromatic nitrogens is 1. The van der Waals surface area contributed by atoms with Crippen LogP contribution in [0.15, 0.2) is 18.2 Å². The molecule has 0 aromatic carbocycles. The molecule has 0 bridgehead atoms. The summed E-state index contributed by atoms with van der Waals surface area (Å²) in [5.41, 5.74) is 0.372. The third-order valence-corrected chi connectivity index (χ3v) is 2.65. The Morgan fingerprint density at radius 2 is 2.33 bits per heavy atom. The Balaban J connectivity index is 2.83. The first kappa shape index (κ1) is 14.0. The molecular formula is C13H17N3O2. The molecule has 1 aromatic rings. The molecule has 0 fully saturated rings. The number of esters is 1. The summed E-state index contributed by atoms with van der Waals surface area (Å²) in [6, 6.07) is 7.27. The Bertz CT molecular complexity index is 454. The van der Waals surface area contributed by atoms with Crippen LogP contribution in [0.2, 0.25) is 0 Å². The van der Waals surface area contributed by atoms with Crippen LogP contribution < -0.4 is 4.90 Å². The summed E-state index contributed by atoms with van der Waals surface area (Å²) in [5, 5.41) is 8.82. The molecule has 0 N–H and O–H groups in total. The fourth-order valence-corrected chi connectivity index (χ4v) is 1.65. The van der Waals surface area contributed by atoms with E-state index in [0.29, 0.717) is 24.6 Å². The van der Waals surface area contributed by atoms with Gasteiger partial charge in [0.25, 0.3) is 0 Å². The van der Waals surface area contributed by atoms with Crippen LogP contribution in [0.4, 0.5) is 5.82 Å². The maximum atomic E-state index is 11.4. The lowest BCUT2D eigenvalue weighted by Gasteiger charge is -2.24. The number of nitriles is 1. The number of ether oxygens (including phenoxy) is 1. The average molecular weight is 247 g/mol. The monoisotopic (exact) mass is 247 g/mol. The summed E-state index contributed by atoms with van der Waals surface area (Å²) >= 11 is 0. The summed E-state index contributed by atoms with van der Waals surface area (Å²) in [5.74, 6) is 0.222. The molecule has 0 amide bonds. The smallest absolute Gasteiger partial charge is 0.310 e. The van der Waals surface area contributed by atoms with Gasteiger partial charge in [-0.2, -0.15) is 5.26 Å². The van der Waals surface area contributed by atoms with E-state index in [0.717, 1.165) is 0 Å². The van der Waals surface area contributed by atoms with Crippen LogP contribution in [0.3, 0.4) is 0 Å². The van der Waals surface area contributed by atoms with E-state index in [4.69, 9.17) is 10.00 Å². The number of carbonyl (C=O) groups excluding carboxylic acids is 1. The Hall–Kier alpha value is -2.09. The van der Waals surface area contributed by atoms with Gasteiger partial charge in [-0.1, -0.05) is 13.0 Å². The maximum Gasteiger partial charge on any atom is 0.310 e. The first-order valence-corrected chi connectivity index (χ1v) is 5.82. The molecule has 18 heavy (non-hydrogen) atoms. The largest absolute Gasteiger partial charge is 0.469 e. The van der Waals surface area contributed by atoms with Gasteiger partial charge in [0.15, 0.2) is 0 Å². The third kappa shape index (κ3) is 3.45. The molecular weight excluding hydrogens is 230 g/mol.